The highest BCUT2D eigenvalue weighted by Gasteiger charge is 2.12. The molecule has 0 saturated carbocycles. The molecule has 0 aromatic heterocycles. The van der Waals surface area contributed by atoms with Gasteiger partial charge < -0.3 is 15.2 Å². The topological polar surface area (TPSA) is 44.5 Å². The van der Waals surface area contributed by atoms with E-state index in [9.17, 15) is 0 Å². The monoisotopic (exact) mass is 257 g/mol. The van der Waals surface area contributed by atoms with Crippen molar-refractivity contribution in [1.29, 1.82) is 0 Å². The smallest absolute Gasteiger partial charge is 0.179 e. The zero-order chi connectivity index (χ0) is 12.8. The number of methoxy groups -OCH3 is 1. The fourth-order valence-corrected chi connectivity index (χ4v) is 1.76. The van der Waals surface area contributed by atoms with Gasteiger partial charge in [0, 0.05) is 0 Å². The maximum Gasteiger partial charge on any atom is 0.179 e. The predicted octanol–water partition coefficient (Wildman–Crippen LogP) is 2.88. The summed E-state index contributed by atoms with van der Waals surface area (Å²) in [4.78, 5) is 0. The molecule has 1 aromatic rings. The zero-order valence-corrected chi connectivity index (χ0v) is 11.4. The van der Waals surface area contributed by atoms with Gasteiger partial charge in [-0.05, 0) is 36.6 Å². The third kappa shape index (κ3) is 4.10. The van der Waals surface area contributed by atoms with Gasteiger partial charge in [0.2, 0.25) is 0 Å². The van der Waals surface area contributed by atoms with Crippen LogP contribution in [0.5, 0.6) is 11.5 Å². The molecule has 0 atom stereocenters. The van der Waals surface area contributed by atoms with Crippen molar-refractivity contribution in [2.24, 2.45) is 11.7 Å². The van der Waals surface area contributed by atoms with E-state index >= 15 is 0 Å². The highest BCUT2D eigenvalue weighted by atomic mass is 35.5. The Hall–Kier alpha value is -0.930. The van der Waals surface area contributed by atoms with Crippen molar-refractivity contribution in [3.63, 3.8) is 0 Å². The van der Waals surface area contributed by atoms with Crippen LogP contribution >= 0.6 is 11.6 Å². The molecule has 0 unspecified atom stereocenters. The molecule has 0 spiro atoms. The highest BCUT2D eigenvalue weighted by molar-refractivity contribution is 6.32. The minimum atomic E-state index is 0.444. The van der Waals surface area contributed by atoms with Gasteiger partial charge in [0.05, 0.1) is 18.7 Å². The van der Waals surface area contributed by atoms with Gasteiger partial charge in [0.1, 0.15) is 0 Å². The Kier molecular flexibility index (Phi) is 5.59. The van der Waals surface area contributed by atoms with Crippen LogP contribution in [0.3, 0.4) is 0 Å². The van der Waals surface area contributed by atoms with E-state index in [0.29, 0.717) is 35.6 Å². The number of ether oxygens (including phenoxy) is 2. The second kappa shape index (κ2) is 6.72. The molecule has 1 aromatic carbocycles. The van der Waals surface area contributed by atoms with Crippen molar-refractivity contribution < 1.29 is 9.47 Å². The van der Waals surface area contributed by atoms with E-state index in [2.05, 4.69) is 13.8 Å². The van der Waals surface area contributed by atoms with Crippen LogP contribution in [0, 0.1) is 5.92 Å². The molecule has 0 aliphatic carbocycles. The maximum absolute atomic E-state index is 6.19. The van der Waals surface area contributed by atoms with E-state index in [0.717, 1.165) is 12.0 Å². The molecular formula is C13H20ClNO2. The molecule has 3 nitrogen and oxygen atoms in total. The van der Waals surface area contributed by atoms with E-state index in [-0.39, 0.29) is 0 Å². The van der Waals surface area contributed by atoms with Gasteiger partial charge in [-0.1, -0.05) is 25.4 Å². The van der Waals surface area contributed by atoms with Crippen molar-refractivity contribution in [3.8, 4) is 11.5 Å². The number of rotatable bonds is 6. The molecule has 96 valence electrons. The summed E-state index contributed by atoms with van der Waals surface area (Å²) in [6, 6.07) is 3.81. The van der Waals surface area contributed by atoms with Crippen LogP contribution in [0.15, 0.2) is 12.1 Å². The van der Waals surface area contributed by atoms with Gasteiger partial charge in [0.25, 0.3) is 0 Å². The van der Waals surface area contributed by atoms with Crippen molar-refractivity contribution in [3.05, 3.63) is 22.7 Å². The first-order valence-corrected chi connectivity index (χ1v) is 6.15. The minimum Gasteiger partial charge on any atom is -0.493 e. The first-order valence-electron chi connectivity index (χ1n) is 5.77. The molecular weight excluding hydrogens is 238 g/mol. The third-order valence-corrected chi connectivity index (χ3v) is 2.56. The number of nitrogens with two attached hydrogens (primary N) is 1. The Morgan fingerprint density at radius 2 is 2.06 bits per heavy atom. The molecule has 0 fully saturated rings. The summed E-state index contributed by atoms with van der Waals surface area (Å²) in [6.45, 7) is 5.38. The third-order valence-electron chi connectivity index (χ3n) is 2.28. The first kappa shape index (κ1) is 14.1. The molecule has 0 bridgehead atoms. The Bertz CT molecular complexity index is 367. The summed E-state index contributed by atoms with van der Waals surface area (Å²) in [5.74, 6) is 1.73. The van der Waals surface area contributed by atoms with Crippen molar-refractivity contribution in [2.75, 3.05) is 20.3 Å². The summed E-state index contributed by atoms with van der Waals surface area (Å²) < 4.78 is 11.0. The largest absolute Gasteiger partial charge is 0.493 e. The van der Waals surface area contributed by atoms with Crippen molar-refractivity contribution >= 4 is 11.6 Å². The molecule has 0 aliphatic heterocycles. The average molecular weight is 258 g/mol. The minimum absolute atomic E-state index is 0.444. The van der Waals surface area contributed by atoms with Gasteiger partial charge in [-0.2, -0.15) is 0 Å². The molecule has 17 heavy (non-hydrogen) atoms. The predicted molar refractivity (Wildman–Crippen MR) is 71.1 cm³/mol. The molecule has 0 radical (unpaired) electrons. The number of halogens is 1. The van der Waals surface area contributed by atoms with Gasteiger partial charge in [-0.25, -0.2) is 0 Å². The van der Waals surface area contributed by atoms with Crippen LogP contribution < -0.4 is 15.2 Å². The summed E-state index contributed by atoms with van der Waals surface area (Å²) in [5.41, 5.74) is 6.58. The van der Waals surface area contributed by atoms with Gasteiger partial charge >= 0.3 is 0 Å². The van der Waals surface area contributed by atoms with Crippen LogP contribution in [0.25, 0.3) is 0 Å². The number of benzene rings is 1. The molecule has 4 heteroatoms. The van der Waals surface area contributed by atoms with Crippen LogP contribution in [-0.4, -0.2) is 20.3 Å². The standard InChI is InChI=1S/C13H20ClNO2/c1-9(2)8-17-13-11(14)6-10(4-5-15)7-12(13)16-3/h6-7,9H,4-5,8,15H2,1-3H3. The Morgan fingerprint density at radius 3 is 2.59 bits per heavy atom. The van der Waals surface area contributed by atoms with Crippen molar-refractivity contribution in [2.45, 2.75) is 20.3 Å². The lowest BCUT2D eigenvalue weighted by atomic mass is 10.1. The SMILES string of the molecule is COc1cc(CCN)cc(Cl)c1OCC(C)C. The second-order valence-corrected chi connectivity index (χ2v) is 4.76. The summed E-state index contributed by atoms with van der Waals surface area (Å²) >= 11 is 6.19. The fourth-order valence-electron chi connectivity index (χ4n) is 1.47. The molecule has 0 aliphatic rings. The van der Waals surface area contributed by atoms with Crippen LogP contribution in [0.2, 0.25) is 5.02 Å². The maximum atomic E-state index is 6.19. The van der Waals surface area contributed by atoms with Crippen LogP contribution in [0.1, 0.15) is 19.4 Å². The Labute approximate surface area is 108 Å². The second-order valence-electron chi connectivity index (χ2n) is 4.35. The summed E-state index contributed by atoms with van der Waals surface area (Å²) in [6.07, 6.45) is 0.778. The van der Waals surface area contributed by atoms with Crippen molar-refractivity contribution in [1.82, 2.24) is 0 Å². The Balaban J connectivity index is 2.95. The van der Waals surface area contributed by atoms with E-state index in [1.54, 1.807) is 7.11 Å². The van der Waals surface area contributed by atoms with Crippen LogP contribution in [0.4, 0.5) is 0 Å². The van der Waals surface area contributed by atoms with Gasteiger partial charge in [-0.15, -0.1) is 0 Å². The lowest BCUT2D eigenvalue weighted by Gasteiger charge is -2.15. The van der Waals surface area contributed by atoms with E-state index in [1.807, 2.05) is 12.1 Å². The summed E-state index contributed by atoms with van der Waals surface area (Å²) in [7, 11) is 1.61. The van der Waals surface area contributed by atoms with Crippen LogP contribution in [-0.2, 0) is 6.42 Å². The molecule has 0 heterocycles. The number of hydrogen-bond acceptors (Lipinski definition) is 3. The van der Waals surface area contributed by atoms with Gasteiger partial charge in [-0.3, -0.25) is 0 Å². The summed E-state index contributed by atoms with van der Waals surface area (Å²) in [5, 5.41) is 0.577. The number of hydrogen-bond donors (Lipinski definition) is 1. The fraction of sp³-hybridized carbons (Fsp3) is 0.538. The lowest BCUT2D eigenvalue weighted by Crippen LogP contribution is -2.07. The quantitative estimate of drug-likeness (QED) is 0.852. The van der Waals surface area contributed by atoms with E-state index < -0.39 is 0 Å². The first-order chi connectivity index (χ1) is 8.08. The average Bonchev–Trinajstić information content (AvgIpc) is 2.27. The highest BCUT2D eigenvalue weighted by Crippen LogP contribution is 2.36. The molecule has 0 amide bonds. The van der Waals surface area contributed by atoms with Gasteiger partial charge in [0.15, 0.2) is 11.5 Å². The van der Waals surface area contributed by atoms with E-state index in [4.69, 9.17) is 26.8 Å². The van der Waals surface area contributed by atoms with E-state index in [1.165, 1.54) is 0 Å². The normalized spacial score (nSPS) is 10.7. The zero-order valence-electron chi connectivity index (χ0n) is 10.6. The molecule has 2 N–H and O–H groups in total. The molecule has 1 rings (SSSR count). The lowest BCUT2D eigenvalue weighted by molar-refractivity contribution is 0.257. The molecule has 0 saturated heterocycles. The Morgan fingerprint density at radius 1 is 1.35 bits per heavy atom.